The minimum Gasteiger partial charge on any atom is -0.462 e. The number of anilines is 2. The lowest BCUT2D eigenvalue weighted by Gasteiger charge is -2.13. The van der Waals surface area contributed by atoms with Crippen molar-refractivity contribution >= 4 is 45.3 Å². The lowest BCUT2D eigenvalue weighted by Crippen LogP contribution is -2.21. The molecule has 0 saturated heterocycles. The highest BCUT2D eigenvalue weighted by Gasteiger charge is 2.21. The Morgan fingerprint density at radius 3 is 2.58 bits per heavy atom. The summed E-state index contributed by atoms with van der Waals surface area (Å²) >= 11 is 6.93. The summed E-state index contributed by atoms with van der Waals surface area (Å²) in [4.78, 5) is 13.3. The number of nitrogens with one attached hydrogen (secondary N) is 2. The van der Waals surface area contributed by atoms with Crippen LogP contribution in [-0.4, -0.2) is 17.7 Å². The highest BCUT2D eigenvalue weighted by atomic mass is 32.1. The van der Waals surface area contributed by atoms with Gasteiger partial charge < -0.3 is 15.4 Å². The van der Waals surface area contributed by atoms with Gasteiger partial charge in [-0.25, -0.2) is 4.79 Å². The first kappa shape index (κ1) is 18.4. The highest BCUT2D eigenvalue weighted by Crippen LogP contribution is 2.33. The molecule has 0 bridgehead atoms. The molecular weight excluding hydrogens is 340 g/mol. The molecule has 0 radical (unpaired) electrons. The Morgan fingerprint density at radius 2 is 1.92 bits per heavy atom. The predicted molar refractivity (Wildman–Crippen MR) is 105 cm³/mol. The topological polar surface area (TPSA) is 50.4 Å². The van der Waals surface area contributed by atoms with Crippen molar-refractivity contribution in [1.82, 2.24) is 0 Å². The van der Waals surface area contributed by atoms with Crippen LogP contribution in [0.2, 0.25) is 0 Å². The standard InChI is InChI=1S/C18H22N2O2S2/c1-5-13-9-7-8-10-14(13)19-18(23)20-16-15(17(21)22-6-2)11(3)12(4)24-16/h7-10H,5-6H2,1-4H3,(H2,19,20,23). The average molecular weight is 363 g/mol. The van der Waals surface area contributed by atoms with Crippen molar-refractivity contribution in [2.75, 3.05) is 17.2 Å². The maximum atomic E-state index is 12.2. The summed E-state index contributed by atoms with van der Waals surface area (Å²) in [5.41, 5.74) is 3.65. The van der Waals surface area contributed by atoms with Gasteiger partial charge >= 0.3 is 5.97 Å². The number of thiophene rings is 1. The molecule has 4 nitrogen and oxygen atoms in total. The van der Waals surface area contributed by atoms with Crippen LogP contribution < -0.4 is 10.6 Å². The second-order valence-corrected chi connectivity index (χ2v) is 6.93. The highest BCUT2D eigenvalue weighted by molar-refractivity contribution is 7.80. The Labute approximate surface area is 152 Å². The minimum absolute atomic E-state index is 0.321. The Bertz CT molecular complexity index is 753. The molecule has 0 aliphatic carbocycles. The van der Waals surface area contributed by atoms with E-state index in [1.54, 1.807) is 6.92 Å². The third-order valence-electron chi connectivity index (χ3n) is 3.74. The van der Waals surface area contributed by atoms with Crippen molar-refractivity contribution in [2.45, 2.75) is 34.1 Å². The third-order valence-corrected chi connectivity index (χ3v) is 5.07. The molecule has 6 heteroatoms. The van der Waals surface area contributed by atoms with E-state index in [4.69, 9.17) is 17.0 Å². The lowest BCUT2D eigenvalue weighted by molar-refractivity contribution is 0.0527. The molecule has 128 valence electrons. The van der Waals surface area contributed by atoms with Gasteiger partial charge in [-0.3, -0.25) is 0 Å². The molecule has 0 atom stereocenters. The second kappa shape index (κ2) is 8.26. The van der Waals surface area contributed by atoms with E-state index in [1.165, 1.54) is 16.9 Å². The first-order chi connectivity index (χ1) is 11.5. The number of hydrogen-bond donors (Lipinski definition) is 2. The van der Waals surface area contributed by atoms with E-state index in [-0.39, 0.29) is 5.97 Å². The quantitative estimate of drug-likeness (QED) is 0.584. The number of carbonyl (C=O) groups excluding carboxylic acids is 1. The lowest BCUT2D eigenvalue weighted by atomic mass is 10.1. The number of para-hydroxylation sites is 1. The van der Waals surface area contributed by atoms with E-state index in [9.17, 15) is 4.79 Å². The number of thiocarbonyl (C=S) groups is 1. The average Bonchev–Trinajstić information content (AvgIpc) is 2.82. The van der Waals surface area contributed by atoms with Crippen LogP contribution in [0.3, 0.4) is 0 Å². The molecule has 1 aromatic heterocycles. The summed E-state index contributed by atoms with van der Waals surface area (Å²) in [6.45, 7) is 8.15. The molecule has 0 aliphatic rings. The van der Waals surface area contributed by atoms with Crippen molar-refractivity contribution in [3.05, 3.63) is 45.8 Å². The van der Waals surface area contributed by atoms with Crippen LogP contribution in [0.4, 0.5) is 10.7 Å². The van der Waals surface area contributed by atoms with Crippen molar-refractivity contribution in [1.29, 1.82) is 0 Å². The van der Waals surface area contributed by atoms with Gasteiger partial charge in [0.25, 0.3) is 0 Å². The van der Waals surface area contributed by atoms with Gasteiger partial charge in [-0.2, -0.15) is 0 Å². The summed E-state index contributed by atoms with van der Waals surface area (Å²) < 4.78 is 5.16. The maximum Gasteiger partial charge on any atom is 0.341 e. The van der Waals surface area contributed by atoms with Crippen LogP contribution in [0.5, 0.6) is 0 Å². The Kier molecular flexibility index (Phi) is 6.34. The second-order valence-electron chi connectivity index (χ2n) is 5.30. The molecule has 0 amide bonds. The van der Waals surface area contributed by atoms with Gasteiger partial charge in [0.15, 0.2) is 5.11 Å². The van der Waals surface area contributed by atoms with Gasteiger partial charge in [-0.1, -0.05) is 25.1 Å². The normalized spacial score (nSPS) is 10.3. The van der Waals surface area contributed by atoms with Crippen molar-refractivity contribution in [2.24, 2.45) is 0 Å². The van der Waals surface area contributed by atoms with Crippen LogP contribution in [0.25, 0.3) is 0 Å². The number of rotatable bonds is 5. The summed E-state index contributed by atoms with van der Waals surface area (Å²) in [6.07, 6.45) is 0.914. The van der Waals surface area contributed by atoms with Gasteiger partial charge in [0.05, 0.1) is 12.2 Å². The van der Waals surface area contributed by atoms with Crippen molar-refractivity contribution in [3.8, 4) is 0 Å². The summed E-state index contributed by atoms with van der Waals surface area (Å²) in [7, 11) is 0. The Balaban J connectivity index is 2.20. The van der Waals surface area contributed by atoms with E-state index >= 15 is 0 Å². The maximum absolute atomic E-state index is 12.2. The van der Waals surface area contributed by atoms with Gasteiger partial charge in [-0.15, -0.1) is 11.3 Å². The molecule has 0 fully saturated rings. The number of benzene rings is 1. The SMILES string of the molecule is CCOC(=O)c1c(NC(=S)Nc2ccccc2CC)sc(C)c1C. The predicted octanol–water partition coefficient (Wildman–Crippen LogP) is 4.91. The van der Waals surface area contributed by atoms with Gasteiger partial charge in [0, 0.05) is 10.6 Å². The molecular formula is C18H22N2O2S2. The number of esters is 1. The molecule has 2 rings (SSSR count). The fourth-order valence-corrected chi connectivity index (χ4v) is 3.70. The Morgan fingerprint density at radius 1 is 1.21 bits per heavy atom. The first-order valence-electron chi connectivity index (χ1n) is 7.90. The fourth-order valence-electron chi connectivity index (χ4n) is 2.37. The summed E-state index contributed by atoms with van der Waals surface area (Å²) in [5, 5.41) is 7.54. The molecule has 0 unspecified atom stereocenters. The van der Waals surface area contributed by atoms with Crippen molar-refractivity contribution in [3.63, 3.8) is 0 Å². The van der Waals surface area contributed by atoms with Crippen molar-refractivity contribution < 1.29 is 9.53 Å². The number of ether oxygens (including phenoxy) is 1. The minimum atomic E-state index is -0.321. The summed E-state index contributed by atoms with van der Waals surface area (Å²) in [6, 6.07) is 8.03. The van der Waals surface area contributed by atoms with Crippen LogP contribution in [0, 0.1) is 13.8 Å². The van der Waals surface area contributed by atoms with E-state index in [2.05, 4.69) is 23.6 Å². The van der Waals surface area contributed by atoms with Crippen LogP contribution in [0.1, 0.15) is 40.2 Å². The third kappa shape index (κ3) is 4.13. The van der Waals surface area contributed by atoms with Gasteiger partial charge in [0.1, 0.15) is 5.00 Å². The molecule has 2 aromatic rings. The molecule has 24 heavy (non-hydrogen) atoms. The smallest absolute Gasteiger partial charge is 0.341 e. The van der Waals surface area contributed by atoms with Gasteiger partial charge in [0.2, 0.25) is 0 Å². The number of aryl methyl sites for hydroxylation is 2. The van der Waals surface area contributed by atoms with E-state index in [0.717, 1.165) is 27.5 Å². The number of carbonyl (C=O) groups is 1. The monoisotopic (exact) mass is 362 g/mol. The van der Waals surface area contributed by atoms with E-state index < -0.39 is 0 Å². The molecule has 1 heterocycles. The molecule has 0 saturated carbocycles. The number of hydrogen-bond acceptors (Lipinski definition) is 4. The molecule has 0 aliphatic heterocycles. The fraction of sp³-hybridized carbons (Fsp3) is 0.333. The first-order valence-corrected chi connectivity index (χ1v) is 9.13. The van der Waals surface area contributed by atoms with Gasteiger partial charge in [-0.05, 0) is 56.6 Å². The van der Waals surface area contributed by atoms with E-state index in [1.807, 2.05) is 32.0 Å². The molecule has 2 N–H and O–H groups in total. The zero-order valence-electron chi connectivity index (χ0n) is 14.4. The zero-order valence-corrected chi connectivity index (χ0v) is 16.0. The Hall–Kier alpha value is -1.92. The largest absolute Gasteiger partial charge is 0.462 e. The van der Waals surface area contributed by atoms with Crippen LogP contribution in [0.15, 0.2) is 24.3 Å². The molecule has 1 aromatic carbocycles. The summed E-state index contributed by atoms with van der Waals surface area (Å²) in [5.74, 6) is -0.321. The van der Waals surface area contributed by atoms with Crippen LogP contribution in [-0.2, 0) is 11.2 Å². The molecule has 0 spiro atoms. The van der Waals surface area contributed by atoms with Crippen LogP contribution >= 0.6 is 23.6 Å². The van der Waals surface area contributed by atoms with E-state index in [0.29, 0.717) is 17.3 Å². The zero-order chi connectivity index (χ0) is 17.7.